The van der Waals surface area contributed by atoms with Gasteiger partial charge in [0.25, 0.3) is 0 Å². The second-order valence-corrected chi connectivity index (χ2v) is 4.76. The minimum atomic E-state index is 0.478. The largest absolute Gasteiger partial charge is 0.314 e. The molecule has 1 fully saturated rings. The Morgan fingerprint density at radius 1 is 1.53 bits per heavy atom. The van der Waals surface area contributed by atoms with Gasteiger partial charge in [0.15, 0.2) is 0 Å². The van der Waals surface area contributed by atoms with Crippen LogP contribution in [0.15, 0.2) is 6.07 Å². The molecule has 1 saturated carbocycles. The van der Waals surface area contributed by atoms with E-state index in [4.69, 9.17) is 0 Å². The molecule has 0 aromatic carbocycles. The Labute approximate surface area is 91.9 Å². The molecule has 0 bridgehead atoms. The fraction of sp³-hybridized carbons (Fsp3) is 0.750. The third kappa shape index (κ3) is 2.07. The summed E-state index contributed by atoms with van der Waals surface area (Å²) >= 11 is 0. The maximum Gasteiger partial charge on any atom is 0.0765 e. The Kier molecular flexibility index (Phi) is 3.10. The molecule has 1 N–H and O–H groups in total. The summed E-state index contributed by atoms with van der Waals surface area (Å²) in [6, 6.07) is 2.76. The Bertz CT molecular complexity index is 324. The third-order valence-corrected chi connectivity index (χ3v) is 3.19. The van der Waals surface area contributed by atoms with Gasteiger partial charge >= 0.3 is 0 Å². The van der Waals surface area contributed by atoms with Crippen molar-refractivity contribution in [3.8, 4) is 0 Å². The zero-order chi connectivity index (χ0) is 10.8. The molecule has 1 heterocycles. The Hall–Kier alpha value is -0.830. The summed E-state index contributed by atoms with van der Waals surface area (Å²) in [5, 5.41) is 7.82. The summed E-state index contributed by atoms with van der Waals surface area (Å²) in [6.45, 7) is 5.29. The average molecular weight is 207 g/mol. The lowest BCUT2D eigenvalue weighted by molar-refractivity contribution is 0.375. The van der Waals surface area contributed by atoms with Gasteiger partial charge in [-0.2, -0.15) is 5.10 Å². The lowest BCUT2D eigenvalue weighted by atomic mass is 9.82. The minimum Gasteiger partial charge on any atom is -0.314 e. The molecule has 0 saturated heterocycles. The molecule has 15 heavy (non-hydrogen) atoms. The van der Waals surface area contributed by atoms with Crippen molar-refractivity contribution in [2.75, 3.05) is 7.05 Å². The van der Waals surface area contributed by atoms with Crippen LogP contribution in [0.3, 0.4) is 0 Å². The second-order valence-electron chi connectivity index (χ2n) is 4.76. The standard InChI is InChI=1S/C12H21N3/c1-9(2)15-12(10-5-4-6-10)7-11(14-15)8-13-3/h7,9-10,13H,4-6,8H2,1-3H3. The molecule has 0 atom stereocenters. The van der Waals surface area contributed by atoms with Crippen LogP contribution >= 0.6 is 0 Å². The Morgan fingerprint density at radius 3 is 2.73 bits per heavy atom. The zero-order valence-corrected chi connectivity index (χ0v) is 9.95. The highest BCUT2D eigenvalue weighted by atomic mass is 15.3. The fourth-order valence-corrected chi connectivity index (χ4v) is 2.15. The van der Waals surface area contributed by atoms with E-state index in [1.54, 1.807) is 0 Å². The van der Waals surface area contributed by atoms with Gasteiger partial charge in [0.2, 0.25) is 0 Å². The quantitative estimate of drug-likeness (QED) is 0.822. The molecular weight excluding hydrogens is 186 g/mol. The predicted molar refractivity (Wildman–Crippen MR) is 62.0 cm³/mol. The number of nitrogens with zero attached hydrogens (tertiary/aromatic N) is 2. The highest BCUT2D eigenvalue weighted by Gasteiger charge is 2.24. The maximum atomic E-state index is 4.66. The van der Waals surface area contributed by atoms with Crippen molar-refractivity contribution in [2.45, 2.75) is 51.6 Å². The summed E-state index contributed by atoms with van der Waals surface area (Å²) in [5.74, 6) is 0.769. The van der Waals surface area contributed by atoms with Crippen LogP contribution in [0, 0.1) is 0 Å². The number of nitrogens with one attached hydrogen (secondary N) is 1. The highest BCUT2D eigenvalue weighted by molar-refractivity contribution is 5.17. The summed E-state index contributed by atoms with van der Waals surface area (Å²) in [5.41, 5.74) is 2.62. The average Bonchev–Trinajstić information content (AvgIpc) is 2.46. The number of rotatable bonds is 4. The zero-order valence-electron chi connectivity index (χ0n) is 9.95. The van der Waals surface area contributed by atoms with E-state index in [1.165, 1.54) is 30.7 Å². The Morgan fingerprint density at radius 2 is 2.27 bits per heavy atom. The monoisotopic (exact) mass is 207 g/mol. The van der Waals surface area contributed by atoms with Gasteiger partial charge < -0.3 is 5.32 Å². The van der Waals surface area contributed by atoms with E-state index < -0.39 is 0 Å². The van der Waals surface area contributed by atoms with E-state index in [-0.39, 0.29) is 0 Å². The van der Waals surface area contributed by atoms with Crippen molar-refractivity contribution in [1.82, 2.24) is 15.1 Å². The maximum absolute atomic E-state index is 4.66. The summed E-state index contributed by atoms with van der Waals surface area (Å²) < 4.78 is 2.20. The van der Waals surface area contributed by atoms with Gasteiger partial charge in [0.1, 0.15) is 0 Å². The molecule has 3 heteroatoms. The highest BCUT2D eigenvalue weighted by Crippen LogP contribution is 2.37. The molecule has 2 rings (SSSR count). The van der Waals surface area contributed by atoms with Crippen molar-refractivity contribution in [1.29, 1.82) is 0 Å². The first-order valence-corrected chi connectivity index (χ1v) is 5.95. The van der Waals surface area contributed by atoms with E-state index in [2.05, 4.69) is 35.0 Å². The van der Waals surface area contributed by atoms with Crippen LogP contribution in [0.4, 0.5) is 0 Å². The molecule has 3 nitrogen and oxygen atoms in total. The van der Waals surface area contributed by atoms with Crippen LogP contribution in [0.2, 0.25) is 0 Å². The van der Waals surface area contributed by atoms with Crippen LogP contribution in [0.25, 0.3) is 0 Å². The molecule has 0 amide bonds. The van der Waals surface area contributed by atoms with Gasteiger partial charge in [0, 0.05) is 24.2 Å². The topological polar surface area (TPSA) is 29.9 Å². The number of aromatic nitrogens is 2. The van der Waals surface area contributed by atoms with Crippen LogP contribution in [-0.4, -0.2) is 16.8 Å². The first-order valence-electron chi connectivity index (χ1n) is 5.95. The van der Waals surface area contributed by atoms with E-state index in [0.717, 1.165) is 12.5 Å². The molecule has 1 aliphatic rings. The van der Waals surface area contributed by atoms with Crippen LogP contribution < -0.4 is 5.32 Å². The molecule has 0 unspecified atom stereocenters. The van der Waals surface area contributed by atoms with Gasteiger partial charge in [-0.1, -0.05) is 6.42 Å². The first kappa shape index (κ1) is 10.7. The third-order valence-electron chi connectivity index (χ3n) is 3.19. The van der Waals surface area contributed by atoms with Crippen molar-refractivity contribution in [3.05, 3.63) is 17.5 Å². The van der Waals surface area contributed by atoms with Crippen LogP contribution in [0.1, 0.15) is 56.5 Å². The molecule has 0 spiro atoms. The van der Waals surface area contributed by atoms with Crippen molar-refractivity contribution < 1.29 is 0 Å². The lowest BCUT2D eigenvalue weighted by Gasteiger charge is -2.27. The van der Waals surface area contributed by atoms with Gasteiger partial charge in [0.05, 0.1) is 5.69 Å². The number of hydrogen-bond acceptors (Lipinski definition) is 2. The first-order chi connectivity index (χ1) is 7.22. The molecule has 1 aliphatic carbocycles. The lowest BCUT2D eigenvalue weighted by Crippen LogP contribution is -2.16. The molecule has 84 valence electrons. The van der Waals surface area contributed by atoms with Crippen molar-refractivity contribution >= 4 is 0 Å². The van der Waals surface area contributed by atoms with E-state index >= 15 is 0 Å². The summed E-state index contributed by atoms with van der Waals surface area (Å²) in [4.78, 5) is 0. The normalized spacial score (nSPS) is 17.1. The summed E-state index contributed by atoms with van der Waals surface area (Å²) in [7, 11) is 1.97. The van der Waals surface area contributed by atoms with Gasteiger partial charge in [-0.15, -0.1) is 0 Å². The summed E-state index contributed by atoms with van der Waals surface area (Å²) in [6.07, 6.45) is 4.07. The Balaban J connectivity index is 2.24. The minimum absolute atomic E-state index is 0.478. The molecule has 0 aliphatic heterocycles. The predicted octanol–water partition coefficient (Wildman–Crippen LogP) is 2.45. The van der Waals surface area contributed by atoms with Crippen molar-refractivity contribution in [3.63, 3.8) is 0 Å². The SMILES string of the molecule is CNCc1cc(C2CCC2)n(C(C)C)n1. The molecule has 1 aromatic rings. The molecule has 0 radical (unpaired) electrons. The second kappa shape index (κ2) is 4.35. The van der Waals surface area contributed by atoms with Crippen LogP contribution in [0.5, 0.6) is 0 Å². The smallest absolute Gasteiger partial charge is 0.0765 e. The van der Waals surface area contributed by atoms with Crippen molar-refractivity contribution in [2.24, 2.45) is 0 Å². The van der Waals surface area contributed by atoms with E-state index in [0.29, 0.717) is 6.04 Å². The molecular formula is C12H21N3. The van der Waals surface area contributed by atoms with Crippen LogP contribution in [-0.2, 0) is 6.54 Å². The fourth-order valence-electron chi connectivity index (χ4n) is 2.15. The van der Waals surface area contributed by atoms with Gasteiger partial charge in [-0.05, 0) is 39.8 Å². The molecule has 1 aromatic heterocycles. The number of hydrogen-bond donors (Lipinski definition) is 1. The van der Waals surface area contributed by atoms with E-state index in [1.807, 2.05) is 7.05 Å². The van der Waals surface area contributed by atoms with Gasteiger partial charge in [-0.3, -0.25) is 4.68 Å². The van der Waals surface area contributed by atoms with Gasteiger partial charge in [-0.25, -0.2) is 0 Å². The van der Waals surface area contributed by atoms with E-state index in [9.17, 15) is 0 Å².